The van der Waals surface area contributed by atoms with Gasteiger partial charge in [0.2, 0.25) is 0 Å². The molecule has 0 aliphatic heterocycles. The van der Waals surface area contributed by atoms with Gasteiger partial charge in [0.25, 0.3) is 0 Å². The molecule has 0 aliphatic carbocycles. The second-order valence-electron chi connectivity index (χ2n) is 4.35. The molecule has 1 atom stereocenters. The van der Waals surface area contributed by atoms with E-state index >= 15 is 0 Å². The standard InChI is InChI=1S/C13H31NO3Si/c1-6-13(5)14-11-10-12-18(15-7-2,16-8-3)17-9-4/h13-14H,6-12H2,1-5H3. The minimum atomic E-state index is -2.42. The zero-order valence-electron chi connectivity index (χ0n) is 12.8. The van der Waals surface area contributed by atoms with Gasteiger partial charge in [0.15, 0.2) is 0 Å². The Labute approximate surface area is 114 Å². The Morgan fingerprint density at radius 3 is 1.83 bits per heavy atom. The third kappa shape index (κ3) is 7.48. The summed E-state index contributed by atoms with van der Waals surface area (Å²) in [5, 5.41) is 3.49. The monoisotopic (exact) mass is 277 g/mol. The normalized spacial score (nSPS) is 13.8. The average Bonchev–Trinajstić information content (AvgIpc) is 2.35. The zero-order valence-corrected chi connectivity index (χ0v) is 13.8. The van der Waals surface area contributed by atoms with E-state index in [4.69, 9.17) is 13.3 Å². The molecule has 0 aromatic heterocycles. The number of hydrogen-bond donors (Lipinski definition) is 1. The van der Waals surface area contributed by atoms with Crippen molar-refractivity contribution in [2.45, 2.75) is 59.5 Å². The highest BCUT2D eigenvalue weighted by Gasteiger charge is 2.39. The molecular weight excluding hydrogens is 246 g/mol. The van der Waals surface area contributed by atoms with Gasteiger partial charge in [0.05, 0.1) is 0 Å². The van der Waals surface area contributed by atoms with Gasteiger partial charge in [0.1, 0.15) is 0 Å². The molecule has 5 heteroatoms. The summed E-state index contributed by atoms with van der Waals surface area (Å²) in [7, 11) is -2.42. The molecule has 0 saturated heterocycles. The van der Waals surface area contributed by atoms with Crippen LogP contribution in [0.25, 0.3) is 0 Å². The van der Waals surface area contributed by atoms with Gasteiger partial charge in [-0.05, 0) is 47.1 Å². The smallest absolute Gasteiger partial charge is 0.374 e. The van der Waals surface area contributed by atoms with Crippen molar-refractivity contribution in [1.29, 1.82) is 0 Å². The highest BCUT2D eigenvalue weighted by molar-refractivity contribution is 6.60. The van der Waals surface area contributed by atoms with Crippen LogP contribution in [0.15, 0.2) is 0 Å². The topological polar surface area (TPSA) is 39.7 Å². The summed E-state index contributed by atoms with van der Waals surface area (Å²) in [6.45, 7) is 13.4. The molecule has 4 nitrogen and oxygen atoms in total. The van der Waals surface area contributed by atoms with Crippen molar-refractivity contribution in [3.8, 4) is 0 Å². The number of hydrogen-bond acceptors (Lipinski definition) is 4. The fourth-order valence-corrected chi connectivity index (χ4v) is 4.41. The Hall–Kier alpha value is 0.0569. The highest BCUT2D eigenvalue weighted by atomic mass is 28.4. The van der Waals surface area contributed by atoms with Crippen LogP contribution in [-0.4, -0.2) is 41.2 Å². The highest BCUT2D eigenvalue weighted by Crippen LogP contribution is 2.17. The van der Waals surface area contributed by atoms with Crippen LogP contribution in [0.4, 0.5) is 0 Å². The molecule has 0 bridgehead atoms. The first-order valence-electron chi connectivity index (χ1n) is 7.29. The quantitative estimate of drug-likeness (QED) is 0.440. The number of nitrogens with one attached hydrogen (secondary N) is 1. The van der Waals surface area contributed by atoms with Gasteiger partial charge in [-0.15, -0.1) is 0 Å². The first-order chi connectivity index (χ1) is 8.64. The van der Waals surface area contributed by atoms with E-state index in [1.807, 2.05) is 20.8 Å². The Bertz CT molecular complexity index is 176. The molecule has 0 aromatic carbocycles. The van der Waals surface area contributed by atoms with Gasteiger partial charge < -0.3 is 18.6 Å². The summed E-state index contributed by atoms with van der Waals surface area (Å²) in [4.78, 5) is 0. The molecule has 0 aliphatic rings. The van der Waals surface area contributed by atoms with Gasteiger partial charge >= 0.3 is 8.80 Å². The Balaban J connectivity index is 4.12. The van der Waals surface area contributed by atoms with Crippen molar-refractivity contribution < 1.29 is 13.3 Å². The van der Waals surface area contributed by atoms with E-state index in [1.54, 1.807) is 0 Å². The maximum atomic E-state index is 5.81. The Morgan fingerprint density at radius 2 is 1.44 bits per heavy atom. The first-order valence-corrected chi connectivity index (χ1v) is 9.22. The molecule has 0 heterocycles. The van der Waals surface area contributed by atoms with E-state index in [9.17, 15) is 0 Å². The fraction of sp³-hybridized carbons (Fsp3) is 1.00. The van der Waals surface area contributed by atoms with Gasteiger partial charge in [0, 0.05) is 31.9 Å². The largest absolute Gasteiger partial charge is 0.500 e. The zero-order chi connectivity index (χ0) is 13.9. The second kappa shape index (κ2) is 10.9. The first kappa shape index (κ1) is 18.1. The Kier molecular flexibility index (Phi) is 11.0. The molecule has 1 unspecified atom stereocenters. The van der Waals surface area contributed by atoms with E-state index in [0.29, 0.717) is 25.9 Å². The van der Waals surface area contributed by atoms with Crippen LogP contribution in [0.5, 0.6) is 0 Å². The lowest BCUT2D eigenvalue weighted by molar-refractivity contribution is 0.0708. The van der Waals surface area contributed by atoms with Gasteiger partial charge in [-0.1, -0.05) is 6.92 Å². The van der Waals surface area contributed by atoms with Crippen molar-refractivity contribution in [3.63, 3.8) is 0 Å². The van der Waals surface area contributed by atoms with Crippen molar-refractivity contribution in [2.75, 3.05) is 26.4 Å². The van der Waals surface area contributed by atoms with Crippen LogP contribution in [0.1, 0.15) is 47.5 Å². The van der Waals surface area contributed by atoms with Crippen LogP contribution < -0.4 is 5.32 Å². The van der Waals surface area contributed by atoms with Crippen molar-refractivity contribution >= 4 is 8.80 Å². The van der Waals surface area contributed by atoms with E-state index < -0.39 is 8.80 Å². The molecule has 110 valence electrons. The van der Waals surface area contributed by atoms with Crippen molar-refractivity contribution in [1.82, 2.24) is 5.32 Å². The van der Waals surface area contributed by atoms with Crippen molar-refractivity contribution in [3.05, 3.63) is 0 Å². The minimum Gasteiger partial charge on any atom is -0.374 e. The third-order valence-electron chi connectivity index (χ3n) is 2.86. The molecule has 0 spiro atoms. The second-order valence-corrected chi connectivity index (χ2v) is 7.08. The van der Waals surface area contributed by atoms with Gasteiger partial charge in [-0.2, -0.15) is 0 Å². The lowest BCUT2D eigenvalue weighted by atomic mass is 10.2. The van der Waals surface area contributed by atoms with Gasteiger partial charge in [-0.3, -0.25) is 0 Å². The lowest BCUT2D eigenvalue weighted by Crippen LogP contribution is -2.46. The molecule has 0 radical (unpaired) electrons. The van der Waals surface area contributed by atoms with Crippen LogP contribution >= 0.6 is 0 Å². The summed E-state index contributed by atoms with van der Waals surface area (Å²) in [5.74, 6) is 0. The summed E-state index contributed by atoms with van der Waals surface area (Å²) in [6, 6.07) is 1.47. The molecule has 1 N–H and O–H groups in total. The van der Waals surface area contributed by atoms with Crippen molar-refractivity contribution in [2.24, 2.45) is 0 Å². The predicted octanol–water partition coefficient (Wildman–Crippen LogP) is 2.81. The molecule has 0 fully saturated rings. The molecule has 0 aromatic rings. The van der Waals surface area contributed by atoms with E-state index in [0.717, 1.165) is 25.4 Å². The van der Waals surface area contributed by atoms with Crippen LogP contribution in [0, 0.1) is 0 Å². The molecule has 0 rings (SSSR count). The van der Waals surface area contributed by atoms with E-state index in [1.165, 1.54) is 0 Å². The molecule has 0 amide bonds. The minimum absolute atomic E-state index is 0.576. The molecule has 18 heavy (non-hydrogen) atoms. The SMILES string of the molecule is CCO[Si](CCCNC(C)CC)(OCC)OCC. The maximum Gasteiger partial charge on any atom is 0.500 e. The number of rotatable bonds is 12. The maximum absolute atomic E-state index is 5.81. The predicted molar refractivity (Wildman–Crippen MR) is 77.8 cm³/mol. The third-order valence-corrected chi connectivity index (χ3v) is 6.01. The van der Waals surface area contributed by atoms with E-state index in [-0.39, 0.29) is 0 Å². The van der Waals surface area contributed by atoms with E-state index in [2.05, 4.69) is 19.2 Å². The van der Waals surface area contributed by atoms with Crippen LogP contribution in [0.3, 0.4) is 0 Å². The fourth-order valence-electron chi connectivity index (χ4n) is 1.80. The molecular formula is C13H31NO3Si. The van der Waals surface area contributed by atoms with Crippen LogP contribution in [0.2, 0.25) is 6.04 Å². The summed E-state index contributed by atoms with van der Waals surface area (Å²) >= 11 is 0. The lowest BCUT2D eigenvalue weighted by Gasteiger charge is -2.28. The Morgan fingerprint density at radius 1 is 0.944 bits per heavy atom. The van der Waals surface area contributed by atoms with Crippen LogP contribution in [-0.2, 0) is 13.3 Å². The summed E-state index contributed by atoms with van der Waals surface area (Å²) in [5.41, 5.74) is 0. The molecule has 0 saturated carbocycles. The summed E-state index contributed by atoms with van der Waals surface area (Å²) in [6.07, 6.45) is 2.20. The van der Waals surface area contributed by atoms with Gasteiger partial charge in [-0.25, -0.2) is 0 Å². The average molecular weight is 277 g/mol. The summed E-state index contributed by atoms with van der Waals surface area (Å²) < 4.78 is 17.4.